The smallest absolute Gasteiger partial charge is 0.141 e. The molecule has 1 saturated carbocycles. The van der Waals surface area contributed by atoms with E-state index in [1.807, 2.05) is 30.3 Å². The second-order valence-corrected chi connectivity index (χ2v) is 9.10. The first-order chi connectivity index (χ1) is 14.0. The molecule has 150 valence electrons. The van der Waals surface area contributed by atoms with Gasteiger partial charge in [0.2, 0.25) is 0 Å². The summed E-state index contributed by atoms with van der Waals surface area (Å²) in [6.07, 6.45) is 9.60. The number of carbonyl (C=O) groups excluding carboxylic acids is 1. The van der Waals surface area contributed by atoms with Crippen molar-refractivity contribution in [1.82, 2.24) is 19.7 Å². The van der Waals surface area contributed by atoms with Gasteiger partial charge in [-0.2, -0.15) is 5.10 Å². The molecule has 2 aliphatic rings. The van der Waals surface area contributed by atoms with Gasteiger partial charge in [0.15, 0.2) is 0 Å². The fourth-order valence-electron chi connectivity index (χ4n) is 5.20. The van der Waals surface area contributed by atoms with Crippen LogP contribution in [-0.4, -0.2) is 45.1 Å². The molecule has 0 unspecified atom stereocenters. The maximum atomic E-state index is 12.8. The molecule has 0 N–H and O–H groups in total. The maximum absolute atomic E-state index is 12.8. The minimum Gasteiger partial charge on any atom is -0.302 e. The van der Waals surface area contributed by atoms with E-state index in [2.05, 4.69) is 46.2 Å². The number of likely N-dealkylation sites (tertiary alicyclic amines) is 1. The van der Waals surface area contributed by atoms with Gasteiger partial charge in [-0.3, -0.25) is 14.5 Å². The average Bonchev–Trinajstić information content (AvgIpc) is 3.08. The Morgan fingerprint density at radius 1 is 1.14 bits per heavy atom. The number of rotatable bonds is 6. The molecule has 29 heavy (non-hydrogen) atoms. The zero-order chi connectivity index (χ0) is 20.0. The van der Waals surface area contributed by atoms with Gasteiger partial charge in [-0.25, -0.2) is 0 Å². The first kappa shape index (κ1) is 18.5. The van der Waals surface area contributed by atoms with Gasteiger partial charge in [0.25, 0.3) is 0 Å². The molecule has 1 aliphatic carbocycles. The van der Waals surface area contributed by atoms with Gasteiger partial charge in [0.1, 0.15) is 5.78 Å². The summed E-state index contributed by atoms with van der Waals surface area (Å²) in [5, 5.41) is 6.49. The van der Waals surface area contributed by atoms with Crippen LogP contribution in [0.3, 0.4) is 0 Å². The van der Waals surface area contributed by atoms with Crippen LogP contribution in [0.2, 0.25) is 0 Å². The lowest BCUT2D eigenvalue weighted by molar-refractivity contribution is -0.141. The van der Waals surface area contributed by atoms with E-state index < -0.39 is 0 Å². The standard InChI is InChI=1S/C24H28N4O/c1-3-6-28-15-24(16-28)10-20(11-24)23(29)9-22-8-19-7-17(4-5-18(19)12-25-22)21-13-26-27(2)14-21/h4-5,7-8,12-14,20H,3,6,9-11,15-16H2,1-2H3. The predicted octanol–water partition coefficient (Wildman–Crippen LogP) is 3.87. The molecular weight excluding hydrogens is 360 g/mol. The van der Waals surface area contributed by atoms with Crippen molar-refractivity contribution >= 4 is 16.6 Å². The number of nitrogens with zero attached hydrogens (tertiary/aromatic N) is 4. The Bertz CT molecular complexity index is 1060. The van der Waals surface area contributed by atoms with Crippen LogP contribution in [0.15, 0.2) is 42.9 Å². The van der Waals surface area contributed by atoms with Crippen molar-refractivity contribution in [2.75, 3.05) is 19.6 Å². The second-order valence-electron chi connectivity index (χ2n) is 9.10. The lowest BCUT2D eigenvalue weighted by Crippen LogP contribution is -2.63. The van der Waals surface area contributed by atoms with Crippen LogP contribution in [0.5, 0.6) is 0 Å². The predicted molar refractivity (Wildman–Crippen MR) is 115 cm³/mol. The molecule has 5 nitrogen and oxygen atoms in total. The first-order valence-electron chi connectivity index (χ1n) is 10.7. The highest BCUT2D eigenvalue weighted by molar-refractivity contribution is 5.89. The van der Waals surface area contributed by atoms with Crippen LogP contribution in [0, 0.1) is 11.3 Å². The van der Waals surface area contributed by atoms with Crippen molar-refractivity contribution < 1.29 is 4.79 Å². The fraction of sp³-hybridized carbons (Fsp3) is 0.458. The molecule has 3 aromatic rings. The third-order valence-electron chi connectivity index (χ3n) is 6.64. The highest BCUT2D eigenvalue weighted by atomic mass is 16.1. The first-order valence-corrected chi connectivity index (χ1v) is 10.7. The summed E-state index contributed by atoms with van der Waals surface area (Å²) in [5.74, 6) is 0.595. The molecule has 0 amide bonds. The summed E-state index contributed by atoms with van der Waals surface area (Å²) in [6, 6.07) is 8.43. The third-order valence-corrected chi connectivity index (χ3v) is 6.64. The van der Waals surface area contributed by atoms with Gasteiger partial charge in [0.05, 0.1) is 6.20 Å². The topological polar surface area (TPSA) is 51.0 Å². The van der Waals surface area contributed by atoms with E-state index in [0.717, 1.165) is 40.4 Å². The Hall–Kier alpha value is -2.53. The van der Waals surface area contributed by atoms with E-state index in [1.165, 1.54) is 26.1 Å². The van der Waals surface area contributed by atoms with Crippen LogP contribution >= 0.6 is 0 Å². The molecule has 1 spiro atoms. The summed E-state index contributed by atoms with van der Waals surface area (Å²) < 4.78 is 1.81. The Balaban J connectivity index is 1.25. The molecule has 2 fully saturated rings. The quantitative estimate of drug-likeness (QED) is 0.643. The largest absolute Gasteiger partial charge is 0.302 e. The van der Waals surface area contributed by atoms with Crippen molar-refractivity contribution in [3.8, 4) is 11.1 Å². The monoisotopic (exact) mass is 388 g/mol. The number of carbonyl (C=O) groups is 1. The van der Waals surface area contributed by atoms with Crippen LogP contribution in [0.25, 0.3) is 21.9 Å². The molecule has 5 rings (SSSR count). The zero-order valence-electron chi connectivity index (χ0n) is 17.3. The number of aromatic nitrogens is 3. The highest BCUT2D eigenvalue weighted by Crippen LogP contribution is 2.52. The second kappa shape index (κ2) is 7.06. The Labute approximate surface area is 171 Å². The van der Waals surface area contributed by atoms with Gasteiger partial charge in [-0.1, -0.05) is 19.1 Å². The van der Waals surface area contributed by atoms with E-state index in [0.29, 0.717) is 17.6 Å². The molecule has 2 aromatic heterocycles. The van der Waals surface area contributed by atoms with Crippen LogP contribution in [0.4, 0.5) is 0 Å². The Morgan fingerprint density at radius 3 is 2.69 bits per heavy atom. The third kappa shape index (κ3) is 3.48. The molecule has 1 aromatic carbocycles. The minimum atomic E-state index is 0.234. The van der Waals surface area contributed by atoms with E-state index in [-0.39, 0.29) is 5.92 Å². The van der Waals surface area contributed by atoms with Gasteiger partial charge >= 0.3 is 0 Å². The summed E-state index contributed by atoms with van der Waals surface area (Å²) in [6.45, 7) is 5.81. The zero-order valence-corrected chi connectivity index (χ0v) is 17.3. The number of pyridine rings is 1. The van der Waals surface area contributed by atoms with Gasteiger partial charge in [0, 0.05) is 61.5 Å². The molecule has 0 atom stereocenters. The number of hydrogen-bond donors (Lipinski definition) is 0. The van der Waals surface area contributed by atoms with Crippen molar-refractivity contribution in [2.24, 2.45) is 18.4 Å². The van der Waals surface area contributed by atoms with Crippen LogP contribution in [-0.2, 0) is 18.3 Å². The van der Waals surface area contributed by atoms with Crippen LogP contribution in [0.1, 0.15) is 31.9 Å². The van der Waals surface area contributed by atoms with Gasteiger partial charge in [-0.15, -0.1) is 0 Å². The van der Waals surface area contributed by atoms with Crippen LogP contribution < -0.4 is 0 Å². The Morgan fingerprint density at radius 2 is 1.97 bits per heavy atom. The summed E-state index contributed by atoms with van der Waals surface area (Å²) in [4.78, 5) is 19.9. The summed E-state index contributed by atoms with van der Waals surface area (Å²) >= 11 is 0. The molecular formula is C24H28N4O. The highest BCUT2D eigenvalue weighted by Gasteiger charge is 2.53. The number of fused-ring (bicyclic) bond motifs is 1. The molecule has 1 aliphatic heterocycles. The number of hydrogen-bond acceptors (Lipinski definition) is 4. The average molecular weight is 389 g/mol. The molecule has 3 heterocycles. The molecule has 1 saturated heterocycles. The SMILES string of the molecule is CCCN1CC2(CC(C(=O)Cc3cc4cc(-c5cnn(C)c5)ccc4cn3)C2)C1. The van der Waals surface area contributed by atoms with Gasteiger partial charge in [-0.05, 0) is 54.3 Å². The summed E-state index contributed by atoms with van der Waals surface area (Å²) in [7, 11) is 1.92. The molecule has 0 bridgehead atoms. The van der Waals surface area contributed by atoms with Crippen molar-refractivity contribution in [1.29, 1.82) is 0 Å². The van der Waals surface area contributed by atoms with Gasteiger partial charge < -0.3 is 4.90 Å². The normalized spacial score (nSPS) is 18.7. The Kier molecular flexibility index (Phi) is 4.50. The van der Waals surface area contributed by atoms with E-state index in [4.69, 9.17) is 0 Å². The number of aryl methyl sites for hydroxylation is 1. The van der Waals surface area contributed by atoms with Crippen molar-refractivity contribution in [3.63, 3.8) is 0 Å². The number of benzene rings is 1. The maximum Gasteiger partial charge on any atom is 0.141 e. The van der Waals surface area contributed by atoms with E-state index in [9.17, 15) is 4.79 Å². The van der Waals surface area contributed by atoms with Crippen molar-refractivity contribution in [2.45, 2.75) is 32.6 Å². The number of Topliss-reactive ketones (excluding diaryl/α,β-unsaturated/α-hetero) is 1. The fourth-order valence-corrected chi connectivity index (χ4v) is 5.20. The van der Waals surface area contributed by atoms with E-state index >= 15 is 0 Å². The lowest BCUT2D eigenvalue weighted by atomic mass is 9.56. The molecule has 5 heteroatoms. The van der Waals surface area contributed by atoms with E-state index in [1.54, 1.807) is 0 Å². The minimum absolute atomic E-state index is 0.234. The molecule has 0 radical (unpaired) electrons. The lowest BCUT2D eigenvalue weighted by Gasteiger charge is -2.59. The van der Waals surface area contributed by atoms with Crippen molar-refractivity contribution in [3.05, 3.63) is 48.5 Å². The summed E-state index contributed by atoms with van der Waals surface area (Å²) in [5.41, 5.74) is 3.57. The number of ketones is 1.